The van der Waals surface area contributed by atoms with Gasteiger partial charge in [-0.1, -0.05) is 0 Å². The molecule has 4 rings (SSSR count). The maximum absolute atomic E-state index is 12.8. The van der Waals surface area contributed by atoms with Crippen LogP contribution in [0.5, 0.6) is 0 Å². The zero-order valence-corrected chi connectivity index (χ0v) is 18.5. The number of nitrogens with two attached hydrogens (primary N) is 4. The fourth-order valence-electron chi connectivity index (χ4n) is 4.25. The Morgan fingerprint density at radius 3 is 1.56 bits per heavy atom. The van der Waals surface area contributed by atoms with E-state index in [4.69, 9.17) is 22.9 Å². The van der Waals surface area contributed by atoms with Crippen molar-refractivity contribution >= 4 is 23.5 Å². The van der Waals surface area contributed by atoms with Crippen LogP contribution < -0.4 is 43.6 Å². The molecule has 14 heteroatoms. The normalized spacial score (nSPS) is 25.9. The number of alkyl halides is 3. The van der Waals surface area contributed by atoms with Gasteiger partial charge < -0.3 is 32.7 Å². The van der Waals surface area contributed by atoms with Gasteiger partial charge in [-0.15, -0.1) is 0 Å². The molecular weight excluding hydrogens is 451 g/mol. The minimum atomic E-state index is -4.41. The van der Waals surface area contributed by atoms with Crippen LogP contribution in [-0.2, 0) is 6.18 Å². The van der Waals surface area contributed by atoms with Crippen LogP contribution >= 0.6 is 0 Å². The molecule has 0 spiro atoms. The van der Waals surface area contributed by atoms with Gasteiger partial charge in [-0.05, 0) is 37.1 Å². The van der Waals surface area contributed by atoms with E-state index in [9.17, 15) is 13.2 Å². The van der Waals surface area contributed by atoms with E-state index in [1.165, 1.54) is 12.1 Å². The lowest BCUT2D eigenvalue weighted by atomic mass is 10.0. The van der Waals surface area contributed by atoms with Gasteiger partial charge in [0.25, 0.3) is 0 Å². The Morgan fingerprint density at radius 2 is 1.15 bits per heavy atom. The van der Waals surface area contributed by atoms with Crippen molar-refractivity contribution in [1.29, 1.82) is 0 Å². The van der Waals surface area contributed by atoms with Crippen LogP contribution in [-0.4, -0.2) is 65.3 Å². The summed E-state index contributed by atoms with van der Waals surface area (Å²) < 4.78 is 38.4. The molecule has 2 fully saturated rings. The van der Waals surface area contributed by atoms with Gasteiger partial charge in [0.15, 0.2) is 0 Å². The van der Waals surface area contributed by atoms with E-state index in [0.717, 1.165) is 12.1 Å². The first-order chi connectivity index (χ1) is 16.1. The number of aromatic nitrogens is 3. The SMILES string of the molecule is N[C@@H]1C[C@H](N)CN(c2nc(NNc3ccc(C(F)(F)F)cc3)nc(N3C[C@H](N)C[C@H](N)C3)n2)C1. The van der Waals surface area contributed by atoms with E-state index >= 15 is 0 Å². The number of anilines is 4. The second-order valence-corrected chi connectivity index (χ2v) is 8.91. The van der Waals surface area contributed by atoms with Crippen LogP contribution in [0.3, 0.4) is 0 Å². The molecule has 0 amide bonds. The molecular formula is C20H30F3N11. The summed E-state index contributed by atoms with van der Waals surface area (Å²) in [7, 11) is 0. The van der Waals surface area contributed by atoms with Crippen molar-refractivity contribution in [1.82, 2.24) is 15.0 Å². The molecule has 0 unspecified atom stereocenters. The number of nitrogens with one attached hydrogen (secondary N) is 2. The second kappa shape index (κ2) is 9.74. The Bertz CT molecular complexity index is 907. The standard InChI is InChI=1S/C20H30F3N11/c21-20(22,23)11-1-3-16(4-2-11)31-32-17-28-18(33-7-12(24)5-13(25)8-33)30-19(29-17)34-9-14(26)6-15(27)10-34/h1-4,12-15,31H,5-10,24-27H2,(H,28,29,30,32)/t12-,13+,14-,15+. The number of hydrogen-bond donors (Lipinski definition) is 6. The molecule has 186 valence electrons. The number of benzene rings is 1. The summed E-state index contributed by atoms with van der Waals surface area (Å²) in [6, 6.07) is 4.10. The molecule has 0 radical (unpaired) electrons. The Labute approximate surface area is 195 Å². The van der Waals surface area contributed by atoms with E-state index in [2.05, 4.69) is 25.8 Å². The topological polar surface area (TPSA) is 173 Å². The van der Waals surface area contributed by atoms with Crippen molar-refractivity contribution in [2.45, 2.75) is 43.2 Å². The molecule has 1 aromatic carbocycles. The van der Waals surface area contributed by atoms with E-state index in [1.54, 1.807) is 0 Å². The lowest BCUT2D eigenvalue weighted by molar-refractivity contribution is -0.137. The average molecular weight is 482 g/mol. The van der Waals surface area contributed by atoms with Crippen molar-refractivity contribution in [2.75, 3.05) is 46.8 Å². The molecule has 4 atom stereocenters. The maximum atomic E-state index is 12.8. The molecule has 2 aliphatic rings. The predicted octanol–water partition coefficient (Wildman–Crippen LogP) is 0.0588. The monoisotopic (exact) mass is 481 g/mol. The van der Waals surface area contributed by atoms with Gasteiger partial charge in [0.05, 0.1) is 11.3 Å². The van der Waals surface area contributed by atoms with Crippen LogP contribution in [0.4, 0.5) is 36.7 Å². The zero-order valence-electron chi connectivity index (χ0n) is 18.5. The first-order valence-electron chi connectivity index (χ1n) is 11.0. The molecule has 1 aromatic heterocycles. The summed E-state index contributed by atoms with van der Waals surface area (Å²) in [6.07, 6.45) is -3.01. The highest BCUT2D eigenvalue weighted by Gasteiger charge is 2.30. The third-order valence-electron chi connectivity index (χ3n) is 5.74. The van der Waals surface area contributed by atoms with Crippen molar-refractivity contribution in [2.24, 2.45) is 22.9 Å². The highest BCUT2D eigenvalue weighted by molar-refractivity contribution is 5.52. The number of hydrogen-bond acceptors (Lipinski definition) is 11. The average Bonchev–Trinajstić information content (AvgIpc) is 2.76. The number of nitrogens with zero attached hydrogens (tertiary/aromatic N) is 5. The highest BCUT2D eigenvalue weighted by atomic mass is 19.4. The van der Waals surface area contributed by atoms with E-state index in [-0.39, 0.29) is 30.1 Å². The fourth-order valence-corrected chi connectivity index (χ4v) is 4.25. The van der Waals surface area contributed by atoms with Gasteiger partial charge in [-0.25, -0.2) is 0 Å². The smallest absolute Gasteiger partial charge is 0.338 e. The molecule has 0 bridgehead atoms. The van der Waals surface area contributed by atoms with E-state index in [1.807, 2.05) is 9.80 Å². The predicted molar refractivity (Wildman–Crippen MR) is 124 cm³/mol. The summed E-state index contributed by atoms with van der Waals surface area (Å²) in [6.45, 7) is 2.12. The third kappa shape index (κ3) is 5.94. The van der Waals surface area contributed by atoms with Gasteiger partial charge >= 0.3 is 6.18 Å². The largest absolute Gasteiger partial charge is 0.416 e. The summed E-state index contributed by atoms with van der Waals surface area (Å²) in [5, 5.41) is 0. The number of hydrazine groups is 1. The van der Waals surface area contributed by atoms with Crippen molar-refractivity contribution in [3.63, 3.8) is 0 Å². The molecule has 11 nitrogen and oxygen atoms in total. The fraction of sp³-hybridized carbons (Fsp3) is 0.550. The summed E-state index contributed by atoms with van der Waals surface area (Å²) in [4.78, 5) is 17.4. The lowest BCUT2D eigenvalue weighted by Crippen LogP contribution is -2.54. The molecule has 2 saturated heterocycles. The molecule has 2 aliphatic heterocycles. The van der Waals surface area contributed by atoms with Crippen LogP contribution in [0.1, 0.15) is 18.4 Å². The molecule has 34 heavy (non-hydrogen) atoms. The first kappa shape index (κ1) is 24.2. The Kier molecular flexibility index (Phi) is 6.93. The van der Waals surface area contributed by atoms with E-state index in [0.29, 0.717) is 56.6 Å². The summed E-state index contributed by atoms with van der Waals surface area (Å²) in [5.41, 5.74) is 29.9. The molecule has 0 saturated carbocycles. The van der Waals surface area contributed by atoms with Crippen LogP contribution in [0, 0.1) is 0 Å². The Balaban J connectivity index is 1.57. The van der Waals surface area contributed by atoms with Crippen molar-refractivity contribution in [3.05, 3.63) is 29.8 Å². The van der Waals surface area contributed by atoms with Gasteiger partial charge in [0.1, 0.15) is 0 Å². The van der Waals surface area contributed by atoms with Crippen LogP contribution in [0.25, 0.3) is 0 Å². The van der Waals surface area contributed by atoms with Gasteiger partial charge in [-0.3, -0.25) is 10.9 Å². The number of halogens is 3. The third-order valence-corrected chi connectivity index (χ3v) is 5.74. The quantitative estimate of drug-likeness (QED) is 0.319. The second-order valence-electron chi connectivity index (χ2n) is 8.91. The van der Waals surface area contributed by atoms with Gasteiger partial charge in [0.2, 0.25) is 17.8 Å². The van der Waals surface area contributed by atoms with Gasteiger partial charge in [-0.2, -0.15) is 28.1 Å². The van der Waals surface area contributed by atoms with Crippen LogP contribution in [0.15, 0.2) is 24.3 Å². The summed E-state index contributed by atoms with van der Waals surface area (Å²) in [5.74, 6) is 0.959. The molecule has 10 N–H and O–H groups in total. The zero-order chi connectivity index (χ0) is 24.5. The Hall–Kier alpha value is -2.94. The number of rotatable bonds is 5. The highest BCUT2D eigenvalue weighted by Crippen LogP contribution is 2.30. The Morgan fingerprint density at radius 1 is 0.706 bits per heavy atom. The van der Waals surface area contributed by atoms with Crippen molar-refractivity contribution in [3.8, 4) is 0 Å². The molecule has 3 heterocycles. The van der Waals surface area contributed by atoms with Crippen molar-refractivity contribution < 1.29 is 13.2 Å². The molecule has 2 aromatic rings. The molecule has 0 aliphatic carbocycles. The number of piperidine rings is 2. The lowest BCUT2D eigenvalue weighted by Gasteiger charge is -2.37. The van der Waals surface area contributed by atoms with Gasteiger partial charge in [0, 0.05) is 50.3 Å². The first-order valence-corrected chi connectivity index (χ1v) is 11.0. The minimum absolute atomic E-state index is 0.123. The summed E-state index contributed by atoms with van der Waals surface area (Å²) >= 11 is 0. The van der Waals surface area contributed by atoms with Crippen LogP contribution in [0.2, 0.25) is 0 Å². The maximum Gasteiger partial charge on any atom is 0.416 e. The van der Waals surface area contributed by atoms with E-state index < -0.39 is 11.7 Å². The minimum Gasteiger partial charge on any atom is -0.338 e.